The normalized spacial score (nSPS) is 16.7. The van der Waals surface area contributed by atoms with Crippen LogP contribution in [0.3, 0.4) is 0 Å². The first-order chi connectivity index (χ1) is 14.9. The molecule has 1 N–H and O–H groups in total. The third-order valence-electron chi connectivity index (χ3n) is 5.24. The van der Waals surface area contributed by atoms with Crippen LogP contribution in [0.15, 0.2) is 41.0 Å². The number of likely N-dealkylation sites (tertiary alicyclic amines) is 1. The fraction of sp³-hybridized carbons (Fsp3) is 0.409. The fourth-order valence-corrected chi connectivity index (χ4v) is 3.55. The minimum absolute atomic E-state index is 0.0610. The molecule has 1 aromatic heterocycles. The first-order valence-corrected chi connectivity index (χ1v) is 9.84. The Hall–Kier alpha value is -3.49. The lowest BCUT2D eigenvalue weighted by atomic mass is 10.0. The smallest absolute Gasteiger partial charge is 0.307 e. The summed E-state index contributed by atoms with van der Waals surface area (Å²) in [4.78, 5) is 38.8. The van der Waals surface area contributed by atoms with E-state index in [9.17, 15) is 14.4 Å². The number of carbonyl (C=O) groups is 3. The molecule has 166 valence electrons. The molecule has 0 spiro atoms. The van der Waals surface area contributed by atoms with Gasteiger partial charge in [0.15, 0.2) is 11.5 Å². The lowest BCUT2D eigenvalue weighted by Gasteiger charge is -2.21. The highest BCUT2D eigenvalue weighted by Crippen LogP contribution is 2.31. The Morgan fingerprint density at radius 1 is 1.19 bits per heavy atom. The zero-order chi connectivity index (χ0) is 22.4. The van der Waals surface area contributed by atoms with Crippen molar-refractivity contribution >= 4 is 17.8 Å². The van der Waals surface area contributed by atoms with Crippen molar-refractivity contribution < 1.29 is 33.0 Å². The van der Waals surface area contributed by atoms with Crippen LogP contribution >= 0.6 is 0 Å². The van der Waals surface area contributed by atoms with Crippen molar-refractivity contribution in [2.45, 2.75) is 25.4 Å². The summed E-state index contributed by atoms with van der Waals surface area (Å²) in [6.07, 6.45) is 1.58. The van der Waals surface area contributed by atoms with E-state index >= 15 is 0 Å². The molecule has 2 heterocycles. The molecule has 1 saturated heterocycles. The molecule has 9 nitrogen and oxygen atoms in total. The predicted molar refractivity (Wildman–Crippen MR) is 109 cm³/mol. The van der Waals surface area contributed by atoms with Crippen LogP contribution in [0, 0.1) is 5.92 Å². The molecule has 0 saturated carbocycles. The Morgan fingerprint density at radius 2 is 1.97 bits per heavy atom. The second-order valence-corrected chi connectivity index (χ2v) is 7.21. The summed E-state index contributed by atoms with van der Waals surface area (Å²) in [5.41, 5.74) is 0.660. The fourth-order valence-electron chi connectivity index (χ4n) is 3.55. The number of methoxy groups -OCH3 is 3. The Balaban J connectivity index is 1.73. The molecule has 1 aliphatic rings. The molecule has 31 heavy (non-hydrogen) atoms. The van der Waals surface area contributed by atoms with Gasteiger partial charge < -0.3 is 28.8 Å². The standard InChI is InChI=1S/C22H26N2O7/c1-28-18-7-6-14(9-19(18)29-2)17(11-21(26)30-3)23-22(27)15-10-20(25)24(12-15)13-16-5-4-8-31-16/h4-9,15,17H,10-13H2,1-3H3,(H,23,27). The molecule has 9 heteroatoms. The molecule has 2 amide bonds. The Morgan fingerprint density at radius 3 is 2.61 bits per heavy atom. The van der Waals surface area contributed by atoms with Gasteiger partial charge in [-0.05, 0) is 29.8 Å². The molecule has 2 aromatic rings. The number of amides is 2. The van der Waals surface area contributed by atoms with Gasteiger partial charge in [0.25, 0.3) is 0 Å². The summed E-state index contributed by atoms with van der Waals surface area (Å²) in [5, 5.41) is 2.89. The topological polar surface area (TPSA) is 107 Å². The van der Waals surface area contributed by atoms with Crippen molar-refractivity contribution in [1.29, 1.82) is 0 Å². The number of hydrogen-bond acceptors (Lipinski definition) is 7. The van der Waals surface area contributed by atoms with Crippen molar-refractivity contribution in [2.75, 3.05) is 27.9 Å². The zero-order valence-corrected chi connectivity index (χ0v) is 17.8. The highest BCUT2D eigenvalue weighted by Gasteiger charge is 2.36. The van der Waals surface area contributed by atoms with E-state index in [0.29, 0.717) is 29.4 Å². The van der Waals surface area contributed by atoms with Crippen molar-refractivity contribution in [3.8, 4) is 11.5 Å². The molecule has 2 unspecified atom stereocenters. The van der Waals surface area contributed by atoms with Gasteiger partial charge in [-0.15, -0.1) is 0 Å². The van der Waals surface area contributed by atoms with Crippen LogP contribution in [0.5, 0.6) is 11.5 Å². The average molecular weight is 430 g/mol. The molecule has 0 aliphatic carbocycles. The van der Waals surface area contributed by atoms with Crippen molar-refractivity contribution in [3.05, 3.63) is 47.9 Å². The van der Waals surface area contributed by atoms with Crippen LogP contribution in [0.2, 0.25) is 0 Å². The lowest BCUT2D eigenvalue weighted by Crippen LogP contribution is -2.36. The highest BCUT2D eigenvalue weighted by atomic mass is 16.5. The monoisotopic (exact) mass is 430 g/mol. The number of nitrogens with zero attached hydrogens (tertiary/aromatic N) is 1. The summed E-state index contributed by atoms with van der Waals surface area (Å²) in [5.74, 6) is 0.244. The zero-order valence-electron chi connectivity index (χ0n) is 17.8. The number of esters is 1. The molecular weight excluding hydrogens is 404 g/mol. The van der Waals surface area contributed by atoms with E-state index in [1.165, 1.54) is 21.3 Å². The van der Waals surface area contributed by atoms with Crippen molar-refractivity contribution in [3.63, 3.8) is 0 Å². The summed E-state index contributed by atoms with van der Waals surface area (Å²) in [6.45, 7) is 0.596. The number of rotatable bonds is 9. The van der Waals surface area contributed by atoms with Crippen LogP contribution in [0.1, 0.15) is 30.2 Å². The van der Waals surface area contributed by atoms with E-state index in [2.05, 4.69) is 5.32 Å². The minimum Gasteiger partial charge on any atom is -0.493 e. The van der Waals surface area contributed by atoms with E-state index in [1.54, 1.807) is 41.5 Å². The summed E-state index contributed by atoms with van der Waals surface area (Å²) < 4.78 is 20.7. The number of benzene rings is 1. The lowest BCUT2D eigenvalue weighted by molar-refractivity contribution is -0.141. The van der Waals surface area contributed by atoms with Crippen LogP contribution in [0.4, 0.5) is 0 Å². The molecule has 1 aliphatic heterocycles. The summed E-state index contributed by atoms with van der Waals surface area (Å²) in [7, 11) is 4.32. The average Bonchev–Trinajstić information content (AvgIpc) is 3.42. The molecule has 1 aromatic carbocycles. The molecule has 2 atom stereocenters. The van der Waals surface area contributed by atoms with Gasteiger partial charge in [-0.3, -0.25) is 14.4 Å². The maximum atomic E-state index is 12.9. The molecular formula is C22H26N2O7. The Bertz CT molecular complexity index is 926. The SMILES string of the molecule is COC(=O)CC(NC(=O)C1CC(=O)N(Cc2ccco2)C1)c1ccc(OC)c(OC)c1. The third-order valence-corrected chi connectivity index (χ3v) is 5.24. The van der Waals surface area contributed by atoms with Gasteiger partial charge in [0.05, 0.1) is 52.5 Å². The summed E-state index contributed by atoms with van der Waals surface area (Å²) >= 11 is 0. The van der Waals surface area contributed by atoms with Gasteiger partial charge in [0.2, 0.25) is 11.8 Å². The first kappa shape index (κ1) is 22.2. The van der Waals surface area contributed by atoms with Crippen molar-refractivity contribution in [2.24, 2.45) is 5.92 Å². The van der Waals surface area contributed by atoms with E-state index in [-0.39, 0.29) is 31.2 Å². The van der Waals surface area contributed by atoms with Gasteiger partial charge >= 0.3 is 5.97 Å². The Kier molecular flexibility index (Phi) is 7.17. The van der Waals surface area contributed by atoms with Crippen LogP contribution in [-0.4, -0.2) is 50.6 Å². The second kappa shape index (κ2) is 10.0. The number of nitrogens with one attached hydrogen (secondary N) is 1. The van der Waals surface area contributed by atoms with Gasteiger partial charge in [-0.2, -0.15) is 0 Å². The van der Waals surface area contributed by atoms with E-state index < -0.39 is 17.9 Å². The molecule has 1 fully saturated rings. The number of ether oxygens (including phenoxy) is 3. The number of hydrogen-bond donors (Lipinski definition) is 1. The second-order valence-electron chi connectivity index (χ2n) is 7.21. The molecule has 3 rings (SSSR count). The van der Waals surface area contributed by atoms with Gasteiger partial charge in [-0.1, -0.05) is 6.07 Å². The predicted octanol–water partition coefficient (Wildman–Crippen LogP) is 2.07. The highest BCUT2D eigenvalue weighted by molar-refractivity contribution is 5.89. The minimum atomic E-state index is -0.644. The largest absolute Gasteiger partial charge is 0.493 e. The molecule has 0 radical (unpaired) electrons. The third kappa shape index (κ3) is 5.36. The molecule has 0 bridgehead atoms. The van der Waals surface area contributed by atoms with E-state index in [4.69, 9.17) is 18.6 Å². The van der Waals surface area contributed by atoms with Crippen LogP contribution in [0.25, 0.3) is 0 Å². The van der Waals surface area contributed by atoms with Crippen LogP contribution in [-0.2, 0) is 25.7 Å². The van der Waals surface area contributed by atoms with Crippen LogP contribution < -0.4 is 14.8 Å². The van der Waals surface area contributed by atoms with E-state index in [1.807, 2.05) is 0 Å². The van der Waals surface area contributed by atoms with E-state index in [0.717, 1.165) is 0 Å². The maximum Gasteiger partial charge on any atom is 0.307 e. The number of furan rings is 1. The van der Waals surface area contributed by atoms with Gasteiger partial charge in [0, 0.05) is 13.0 Å². The first-order valence-electron chi connectivity index (χ1n) is 9.84. The van der Waals surface area contributed by atoms with Gasteiger partial charge in [0.1, 0.15) is 5.76 Å². The van der Waals surface area contributed by atoms with Crippen molar-refractivity contribution in [1.82, 2.24) is 10.2 Å². The maximum absolute atomic E-state index is 12.9. The quantitative estimate of drug-likeness (QED) is 0.607. The Labute approximate surface area is 180 Å². The summed E-state index contributed by atoms with van der Waals surface area (Å²) in [6, 6.07) is 8.04. The number of carbonyl (C=O) groups excluding carboxylic acids is 3. The van der Waals surface area contributed by atoms with Gasteiger partial charge in [-0.25, -0.2) is 0 Å².